The molecule has 2 rings (SSSR count). The zero-order chi connectivity index (χ0) is 14.5. The fourth-order valence-corrected chi connectivity index (χ4v) is 2.57. The third-order valence-electron chi connectivity index (χ3n) is 2.55. The van der Waals surface area contributed by atoms with Crippen LogP contribution < -0.4 is 5.73 Å². The molecule has 2 N–H and O–H groups in total. The average Bonchev–Trinajstić information content (AvgIpc) is 2.38. The van der Waals surface area contributed by atoms with Crippen LogP contribution in [-0.4, -0.2) is 10.1 Å². The molecule has 3 nitrogen and oxygen atoms in total. The molecule has 2 aromatic rings. The van der Waals surface area contributed by atoms with Gasteiger partial charge in [-0.1, -0.05) is 30.3 Å². The Morgan fingerprint density at radius 2 is 1.70 bits per heavy atom. The number of hydrogen-bond donors (Lipinski definition) is 1. The lowest BCUT2D eigenvalue weighted by atomic mass is 10.2. The Morgan fingerprint density at radius 3 is 2.30 bits per heavy atom. The van der Waals surface area contributed by atoms with Gasteiger partial charge in [-0.3, -0.25) is 4.21 Å². The largest absolute Gasteiger partial charge is 0.399 e. The smallest absolute Gasteiger partial charge is 0.144 e. The number of nitrogens with two attached hydrogens (primary N) is 1. The van der Waals surface area contributed by atoms with Crippen molar-refractivity contribution in [3.63, 3.8) is 0 Å². The first-order valence-corrected chi connectivity index (χ1v) is 7.14. The molecule has 0 saturated carbocycles. The Hall–Kier alpha value is -1.79. The molecule has 20 heavy (non-hydrogen) atoms. The summed E-state index contributed by atoms with van der Waals surface area (Å²) in [6.45, 7) is 0.227. The predicted octanol–water partition coefficient (Wildman–Crippen LogP) is 2.83. The van der Waals surface area contributed by atoms with Crippen LogP contribution >= 0.6 is 0 Å². The van der Waals surface area contributed by atoms with Gasteiger partial charge in [-0.15, -0.1) is 0 Å². The Bertz CT molecular complexity index is 597. The molecule has 0 aromatic heterocycles. The number of rotatable bonds is 5. The van der Waals surface area contributed by atoms with Gasteiger partial charge in [-0.25, -0.2) is 8.78 Å². The summed E-state index contributed by atoms with van der Waals surface area (Å²) in [4.78, 5) is -0.507. The molecule has 1 unspecified atom stereocenters. The summed E-state index contributed by atoms with van der Waals surface area (Å²) in [6, 6.07) is 11.1. The van der Waals surface area contributed by atoms with Crippen molar-refractivity contribution in [2.24, 2.45) is 0 Å². The van der Waals surface area contributed by atoms with Crippen molar-refractivity contribution in [1.82, 2.24) is 0 Å². The molecular formula is C14H13F2NO2S. The van der Waals surface area contributed by atoms with Gasteiger partial charge in [0, 0.05) is 5.69 Å². The quantitative estimate of drug-likeness (QED) is 0.863. The SMILES string of the molecule is Nc1cc(F)c(S(=O)COCc2ccccc2)c(F)c1. The van der Waals surface area contributed by atoms with Gasteiger partial charge in [0.05, 0.1) is 17.4 Å². The summed E-state index contributed by atoms with van der Waals surface area (Å²) in [5, 5.41) is 0. The van der Waals surface area contributed by atoms with E-state index in [1.807, 2.05) is 30.3 Å². The second kappa shape index (κ2) is 6.58. The van der Waals surface area contributed by atoms with Crippen molar-refractivity contribution in [2.45, 2.75) is 11.5 Å². The van der Waals surface area contributed by atoms with Crippen LogP contribution in [0.5, 0.6) is 0 Å². The Morgan fingerprint density at radius 1 is 1.10 bits per heavy atom. The van der Waals surface area contributed by atoms with Crippen molar-refractivity contribution < 1.29 is 17.7 Å². The van der Waals surface area contributed by atoms with Crippen molar-refractivity contribution in [2.75, 3.05) is 11.7 Å². The molecule has 0 aliphatic heterocycles. The molecule has 0 amide bonds. The topological polar surface area (TPSA) is 52.3 Å². The molecule has 0 fully saturated rings. The lowest BCUT2D eigenvalue weighted by Gasteiger charge is -2.07. The highest BCUT2D eigenvalue weighted by molar-refractivity contribution is 7.84. The van der Waals surface area contributed by atoms with E-state index in [1.165, 1.54) is 0 Å². The van der Waals surface area contributed by atoms with Crippen LogP contribution in [0, 0.1) is 11.6 Å². The number of nitrogen functional groups attached to an aromatic ring is 1. The molecule has 0 bridgehead atoms. The van der Waals surface area contributed by atoms with E-state index in [1.54, 1.807) is 0 Å². The lowest BCUT2D eigenvalue weighted by molar-refractivity contribution is 0.166. The van der Waals surface area contributed by atoms with Gasteiger partial charge in [0.15, 0.2) is 0 Å². The molecule has 0 saturated heterocycles. The average molecular weight is 297 g/mol. The molecule has 106 valence electrons. The molecule has 0 radical (unpaired) electrons. The second-order valence-corrected chi connectivity index (χ2v) is 5.45. The molecular weight excluding hydrogens is 284 g/mol. The highest BCUT2D eigenvalue weighted by atomic mass is 32.2. The van der Waals surface area contributed by atoms with E-state index in [2.05, 4.69) is 0 Å². The van der Waals surface area contributed by atoms with Crippen molar-refractivity contribution in [3.8, 4) is 0 Å². The van der Waals surface area contributed by atoms with Crippen LogP contribution in [0.1, 0.15) is 5.56 Å². The number of benzene rings is 2. The van der Waals surface area contributed by atoms with Gasteiger partial charge in [0.25, 0.3) is 0 Å². The summed E-state index contributed by atoms with van der Waals surface area (Å²) in [6.07, 6.45) is 0. The van der Waals surface area contributed by atoms with Gasteiger partial charge in [0.1, 0.15) is 22.5 Å². The number of hydrogen-bond acceptors (Lipinski definition) is 3. The molecule has 0 aliphatic rings. The molecule has 2 aromatic carbocycles. The summed E-state index contributed by atoms with van der Waals surface area (Å²) in [7, 11) is -1.92. The van der Waals surface area contributed by atoms with Crippen LogP contribution in [0.15, 0.2) is 47.4 Å². The highest BCUT2D eigenvalue weighted by Gasteiger charge is 2.17. The minimum absolute atomic E-state index is 0.0500. The fourth-order valence-electron chi connectivity index (χ4n) is 1.67. The maximum absolute atomic E-state index is 13.5. The molecule has 1 atom stereocenters. The number of ether oxygens (including phenoxy) is 1. The molecule has 6 heteroatoms. The van der Waals surface area contributed by atoms with E-state index in [4.69, 9.17) is 10.5 Å². The number of halogens is 2. The second-order valence-electron chi connectivity index (χ2n) is 4.11. The van der Waals surface area contributed by atoms with Gasteiger partial charge < -0.3 is 10.5 Å². The minimum Gasteiger partial charge on any atom is -0.399 e. The van der Waals surface area contributed by atoms with E-state index in [0.717, 1.165) is 17.7 Å². The summed E-state index contributed by atoms with van der Waals surface area (Å²) in [5.41, 5.74) is 6.14. The highest BCUT2D eigenvalue weighted by Crippen LogP contribution is 2.20. The Kier molecular flexibility index (Phi) is 4.81. The van der Waals surface area contributed by atoms with Gasteiger partial charge in [-0.2, -0.15) is 0 Å². The van der Waals surface area contributed by atoms with Crippen LogP contribution in [0.2, 0.25) is 0 Å². The van der Waals surface area contributed by atoms with Crippen LogP contribution in [0.3, 0.4) is 0 Å². The summed E-state index contributed by atoms with van der Waals surface area (Å²) < 4.78 is 44.2. The van der Waals surface area contributed by atoms with Crippen LogP contribution in [0.25, 0.3) is 0 Å². The van der Waals surface area contributed by atoms with E-state index in [-0.39, 0.29) is 18.2 Å². The minimum atomic E-state index is -1.92. The third kappa shape index (κ3) is 3.61. The standard InChI is InChI=1S/C14H13F2NO2S/c15-12-6-11(17)7-13(16)14(12)20(18)9-19-8-10-4-2-1-3-5-10/h1-7H,8-9,17H2. The Labute approximate surface area is 117 Å². The van der Waals surface area contributed by atoms with E-state index >= 15 is 0 Å². The maximum atomic E-state index is 13.5. The van der Waals surface area contributed by atoms with Crippen molar-refractivity contribution in [1.29, 1.82) is 0 Å². The van der Waals surface area contributed by atoms with E-state index in [0.29, 0.717) is 0 Å². The van der Waals surface area contributed by atoms with Crippen LogP contribution in [0.4, 0.5) is 14.5 Å². The monoisotopic (exact) mass is 297 g/mol. The fraction of sp³-hybridized carbons (Fsp3) is 0.143. The normalized spacial score (nSPS) is 12.3. The lowest BCUT2D eigenvalue weighted by Crippen LogP contribution is -2.08. The van der Waals surface area contributed by atoms with Gasteiger partial charge in [0.2, 0.25) is 0 Å². The van der Waals surface area contributed by atoms with Crippen LogP contribution in [-0.2, 0) is 22.1 Å². The number of anilines is 1. The first-order chi connectivity index (χ1) is 9.58. The first kappa shape index (κ1) is 14.6. The van der Waals surface area contributed by atoms with E-state index < -0.39 is 27.3 Å². The van der Waals surface area contributed by atoms with Gasteiger partial charge >= 0.3 is 0 Å². The molecule has 0 spiro atoms. The third-order valence-corrected chi connectivity index (χ3v) is 3.78. The van der Waals surface area contributed by atoms with Crippen molar-refractivity contribution in [3.05, 3.63) is 59.7 Å². The molecule has 0 heterocycles. The van der Waals surface area contributed by atoms with E-state index in [9.17, 15) is 13.0 Å². The Balaban J connectivity index is 1.99. The zero-order valence-corrected chi connectivity index (χ0v) is 11.3. The summed E-state index contributed by atoms with van der Waals surface area (Å²) >= 11 is 0. The van der Waals surface area contributed by atoms with Gasteiger partial charge in [-0.05, 0) is 17.7 Å². The summed E-state index contributed by atoms with van der Waals surface area (Å²) in [5.74, 6) is -2.14. The zero-order valence-electron chi connectivity index (χ0n) is 10.5. The first-order valence-electron chi connectivity index (χ1n) is 5.82. The maximum Gasteiger partial charge on any atom is 0.144 e. The van der Waals surface area contributed by atoms with Crippen molar-refractivity contribution >= 4 is 16.5 Å². The molecule has 0 aliphatic carbocycles. The predicted molar refractivity (Wildman–Crippen MR) is 73.3 cm³/mol.